The number of likely N-dealkylation sites (N-methyl/N-ethyl adjacent to an activating group) is 1. The van der Waals surface area contributed by atoms with E-state index in [9.17, 15) is 9.59 Å². The lowest BCUT2D eigenvalue weighted by Gasteiger charge is -2.32. The van der Waals surface area contributed by atoms with Crippen molar-refractivity contribution in [1.82, 2.24) is 20.1 Å². The zero-order chi connectivity index (χ0) is 16.2. The largest absolute Gasteiger partial charge is 0.351 e. The van der Waals surface area contributed by atoms with Crippen LogP contribution in [0.3, 0.4) is 0 Å². The number of benzene rings is 1. The van der Waals surface area contributed by atoms with E-state index in [2.05, 4.69) is 22.2 Å². The first-order chi connectivity index (χ1) is 11.1. The monoisotopic (exact) mass is 314 g/mol. The fourth-order valence-electron chi connectivity index (χ4n) is 2.79. The van der Waals surface area contributed by atoms with Gasteiger partial charge in [-0.3, -0.25) is 9.59 Å². The predicted molar refractivity (Wildman–Crippen MR) is 89.3 cm³/mol. The van der Waals surface area contributed by atoms with Crippen molar-refractivity contribution in [2.75, 3.05) is 39.8 Å². The maximum absolute atomic E-state index is 12.1. The van der Waals surface area contributed by atoms with Gasteiger partial charge in [0.2, 0.25) is 5.91 Å². The number of hydrogen-bond acceptors (Lipinski definition) is 3. The SMILES string of the molecule is CN1CCN(C(=O)CCNC(=O)c2cc3ccccc3[nH]2)CC1. The molecule has 2 N–H and O–H groups in total. The zero-order valence-electron chi connectivity index (χ0n) is 13.3. The molecule has 0 radical (unpaired) electrons. The highest BCUT2D eigenvalue weighted by atomic mass is 16.2. The molecule has 1 fully saturated rings. The molecule has 122 valence electrons. The number of nitrogens with one attached hydrogen (secondary N) is 2. The standard InChI is InChI=1S/C17H22N4O2/c1-20-8-10-21(11-9-20)16(22)6-7-18-17(23)15-12-13-4-2-3-5-14(13)19-15/h2-5,12,19H,6-11H2,1H3,(H,18,23). The molecule has 23 heavy (non-hydrogen) atoms. The van der Waals surface area contributed by atoms with Crippen LogP contribution in [0, 0.1) is 0 Å². The first-order valence-corrected chi connectivity index (χ1v) is 7.96. The normalized spacial score (nSPS) is 15.8. The average molecular weight is 314 g/mol. The lowest BCUT2D eigenvalue weighted by Crippen LogP contribution is -2.47. The molecule has 0 unspecified atom stereocenters. The third-order valence-corrected chi connectivity index (χ3v) is 4.25. The Morgan fingerprint density at radius 3 is 2.65 bits per heavy atom. The Kier molecular flexibility index (Phi) is 4.62. The van der Waals surface area contributed by atoms with Crippen molar-refractivity contribution in [2.45, 2.75) is 6.42 Å². The smallest absolute Gasteiger partial charge is 0.267 e. The molecular weight excluding hydrogens is 292 g/mol. The van der Waals surface area contributed by atoms with E-state index in [0.717, 1.165) is 37.1 Å². The molecule has 1 aliphatic heterocycles. The summed E-state index contributed by atoms with van der Waals surface area (Å²) in [6, 6.07) is 9.58. The van der Waals surface area contributed by atoms with Crippen LogP contribution < -0.4 is 5.32 Å². The van der Waals surface area contributed by atoms with Crippen LogP contribution in [0.15, 0.2) is 30.3 Å². The Hall–Kier alpha value is -2.34. The van der Waals surface area contributed by atoms with Crippen molar-refractivity contribution in [3.05, 3.63) is 36.0 Å². The average Bonchev–Trinajstić information content (AvgIpc) is 2.99. The van der Waals surface area contributed by atoms with E-state index >= 15 is 0 Å². The molecule has 3 rings (SSSR count). The van der Waals surface area contributed by atoms with Gasteiger partial charge in [0.15, 0.2) is 0 Å². The molecule has 0 spiro atoms. The molecule has 0 saturated carbocycles. The predicted octanol–water partition coefficient (Wildman–Crippen LogP) is 1.06. The maximum atomic E-state index is 12.1. The van der Waals surface area contributed by atoms with Crippen LogP contribution >= 0.6 is 0 Å². The van der Waals surface area contributed by atoms with Crippen molar-refractivity contribution >= 4 is 22.7 Å². The van der Waals surface area contributed by atoms with E-state index in [4.69, 9.17) is 0 Å². The maximum Gasteiger partial charge on any atom is 0.267 e. The van der Waals surface area contributed by atoms with Gasteiger partial charge >= 0.3 is 0 Å². The van der Waals surface area contributed by atoms with E-state index < -0.39 is 0 Å². The summed E-state index contributed by atoms with van der Waals surface area (Å²) in [7, 11) is 2.06. The van der Waals surface area contributed by atoms with Crippen LogP contribution in [0.2, 0.25) is 0 Å². The molecule has 1 aliphatic rings. The number of para-hydroxylation sites is 1. The van der Waals surface area contributed by atoms with Gasteiger partial charge in [-0.1, -0.05) is 18.2 Å². The first kappa shape index (κ1) is 15.6. The lowest BCUT2D eigenvalue weighted by molar-refractivity contribution is -0.132. The van der Waals surface area contributed by atoms with Gasteiger partial charge in [-0.25, -0.2) is 0 Å². The summed E-state index contributed by atoms with van der Waals surface area (Å²) in [5.74, 6) is -0.0672. The van der Waals surface area contributed by atoms with Gasteiger partial charge in [0, 0.05) is 50.0 Å². The van der Waals surface area contributed by atoms with E-state index in [1.165, 1.54) is 0 Å². The molecular formula is C17H22N4O2. The van der Waals surface area contributed by atoms with Crippen LogP contribution in [0.4, 0.5) is 0 Å². The van der Waals surface area contributed by atoms with Crippen molar-refractivity contribution in [2.24, 2.45) is 0 Å². The van der Waals surface area contributed by atoms with Crippen molar-refractivity contribution < 1.29 is 9.59 Å². The molecule has 1 aromatic heterocycles. The molecule has 6 heteroatoms. The summed E-state index contributed by atoms with van der Waals surface area (Å²) in [6.45, 7) is 3.72. The molecule has 2 amide bonds. The van der Waals surface area contributed by atoms with Crippen LogP contribution in [0.25, 0.3) is 10.9 Å². The molecule has 2 aromatic rings. The molecule has 0 atom stereocenters. The van der Waals surface area contributed by atoms with Crippen molar-refractivity contribution in [3.63, 3.8) is 0 Å². The quantitative estimate of drug-likeness (QED) is 0.887. The Morgan fingerprint density at radius 2 is 1.91 bits per heavy atom. The summed E-state index contributed by atoms with van der Waals surface area (Å²) < 4.78 is 0. The molecule has 0 aliphatic carbocycles. The number of hydrogen-bond donors (Lipinski definition) is 2. The van der Waals surface area contributed by atoms with Gasteiger partial charge in [-0.2, -0.15) is 0 Å². The Balaban J connectivity index is 1.48. The Bertz CT molecular complexity index is 668. The highest BCUT2D eigenvalue weighted by molar-refractivity contribution is 5.98. The zero-order valence-corrected chi connectivity index (χ0v) is 13.3. The van der Waals surface area contributed by atoms with Crippen LogP contribution in [0.1, 0.15) is 16.9 Å². The molecule has 1 aromatic carbocycles. The highest BCUT2D eigenvalue weighted by Gasteiger charge is 2.18. The van der Waals surface area contributed by atoms with Gasteiger partial charge in [0.1, 0.15) is 5.69 Å². The van der Waals surface area contributed by atoms with E-state index in [1.54, 1.807) is 0 Å². The van der Waals surface area contributed by atoms with Crippen LogP contribution in [0.5, 0.6) is 0 Å². The number of aromatic nitrogens is 1. The third-order valence-electron chi connectivity index (χ3n) is 4.25. The minimum Gasteiger partial charge on any atom is -0.351 e. The molecule has 0 bridgehead atoms. The van der Waals surface area contributed by atoms with E-state index in [-0.39, 0.29) is 11.8 Å². The fraction of sp³-hybridized carbons (Fsp3) is 0.412. The third kappa shape index (κ3) is 3.71. The van der Waals surface area contributed by atoms with Gasteiger partial charge in [0.25, 0.3) is 5.91 Å². The summed E-state index contributed by atoms with van der Waals surface area (Å²) in [5, 5.41) is 3.82. The summed E-state index contributed by atoms with van der Waals surface area (Å²) in [4.78, 5) is 31.4. The molecule has 1 saturated heterocycles. The van der Waals surface area contributed by atoms with Crippen molar-refractivity contribution in [1.29, 1.82) is 0 Å². The number of nitrogens with zero attached hydrogens (tertiary/aromatic N) is 2. The first-order valence-electron chi connectivity index (χ1n) is 7.96. The minimum absolute atomic E-state index is 0.107. The number of amides is 2. The van der Waals surface area contributed by atoms with Gasteiger partial charge in [-0.05, 0) is 19.2 Å². The van der Waals surface area contributed by atoms with Crippen LogP contribution in [-0.2, 0) is 4.79 Å². The number of carbonyl (C=O) groups excluding carboxylic acids is 2. The summed E-state index contributed by atoms with van der Waals surface area (Å²) in [6.07, 6.45) is 0.343. The van der Waals surface area contributed by atoms with Gasteiger partial charge < -0.3 is 20.1 Å². The Labute approximate surface area is 135 Å². The number of rotatable bonds is 4. The van der Waals surface area contributed by atoms with Gasteiger partial charge in [0.05, 0.1) is 0 Å². The number of aromatic amines is 1. The van der Waals surface area contributed by atoms with Crippen molar-refractivity contribution in [3.8, 4) is 0 Å². The fourth-order valence-corrected chi connectivity index (χ4v) is 2.79. The molecule has 2 heterocycles. The number of H-pyrrole nitrogens is 1. The summed E-state index contributed by atoms with van der Waals surface area (Å²) in [5.41, 5.74) is 1.46. The lowest BCUT2D eigenvalue weighted by atomic mass is 10.2. The van der Waals surface area contributed by atoms with Crippen LogP contribution in [-0.4, -0.2) is 66.4 Å². The second-order valence-corrected chi connectivity index (χ2v) is 5.96. The molecule has 6 nitrogen and oxygen atoms in total. The second kappa shape index (κ2) is 6.83. The second-order valence-electron chi connectivity index (χ2n) is 5.96. The number of carbonyl (C=O) groups is 2. The summed E-state index contributed by atoms with van der Waals surface area (Å²) >= 11 is 0. The van der Waals surface area contributed by atoms with E-state index in [0.29, 0.717) is 18.7 Å². The van der Waals surface area contributed by atoms with Gasteiger partial charge in [-0.15, -0.1) is 0 Å². The number of piperazine rings is 1. The Morgan fingerprint density at radius 1 is 1.17 bits per heavy atom. The number of fused-ring (bicyclic) bond motifs is 1. The highest BCUT2D eigenvalue weighted by Crippen LogP contribution is 2.14. The van der Waals surface area contributed by atoms with E-state index in [1.807, 2.05) is 35.2 Å². The topological polar surface area (TPSA) is 68.4 Å². The minimum atomic E-state index is -0.174.